The van der Waals surface area contributed by atoms with Crippen LogP contribution in [0, 0.1) is 0 Å². The van der Waals surface area contributed by atoms with Crippen LogP contribution >= 0.6 is 0 Å². The normalized spacial score (nSPS) is 16.0. The van der Waals surface area contributed by atoms with Crippen molar-refractivity contribution in [3.05, 3.63) is 11.9 Å². The Morgan fingerprint density at radius 1 is 1.32 bits per heavy atom. The minimum atomic E-state index is 0.282. The lowest BCUT2D eigenvalue weighted by atomic mass is 10.2. The first-order valence-corrected chi connectivity index (χ1v) is 8.24. The van der Waals surface area contributed by atoms with Crippen LogP contribution in [0.3, 0.4) is 0 Å². The molecule has 1 aliphatic rings. The molecule has 1 aromatic heterocycles. The zero-order valence-electron chi connectivity index (χ0n) is 14.0. The molecule has 0 bridgehead atoms. The summed E-state index contributed by atoms with van der Waals surface area (Å²) in [6.45, 7) is 12.5. The van der Waals surface area contributed by atoms with E-state index in [-0.39, 0.29) is 5.92 Å². The standard InChI is InChI=1S/C16H28N4O2/c1-4-9-22-15-12-14(18-16(19-15)13(2)3)17-5-6-20-7-10-21-11-8-20/h12-13H,4-11H2,1-3H3,(H,17,18,19). The van der Waals surface area contributed by atoms with Crippen molar-refractivity contribution in [3.63, 3.8) is 0 Å². The summed E-state index contributed by atoms with van der Waals surface area (Å²) in [4.78, 5) is 11.4. The number of aromatic nitrogens is 2. The second-order valence-electron chi connectivity index (χ2n) is 5.83. The molecular weight excluding hydrogens is 280 g/mol. The van der Waals surface area contributed by atoms with Gasteiger partial charge in [0, 0.05) is 38.2 Å². The zero-order chi connectivity index (χ0) is 15.8. The van der Waals surface area contributed by atoms with Crippen molar-refractivity contribution in [2.45, 2.75) is 33.1 Å². The number of anilines is 1. The van der Waals surface area contributed by atoms with E-state index in [1.807, 2.05) is 6.07 Å². The molecule has 0 unspecified atom stereocenters. The molecule has 6 nitrogen and oxygen atoms in total. The monoisotopic (exact) mass is 308 g/mol. The van der Waals surface area contributed by atoms with Crippen LogP contribution in [0.5, 0.6) is 5.88 Å². The van der Waals surface area contributed by atoms with Gasteiger partial charge in [-0.25, -0.2) is 4.98 Å². The highest BCUT2D eigenvalue weighted by Gasteiger charge is 2.11. The van der Waals surface area contributed by atoms with Gasteiger partial charge >= 0.3 is 0 Å². The Kier molecular flexibility index (Phi) is 6.86. The molecule has 1 aromatic rings. The Labute approximate surface area is 133 Å². The SMILES string of the molecule is CCCOc1cc(NCCN2CCOCC2)nc(C(C)C)n1. The molecule has 0 spiro atoms. The molecule has 0 aliphatic carbocycles. The smallest absolute Gasteiger partial charge is 0.218 e. The lowest BCUT2D eigenvalue weighted by molar-refractivity contribution is 0.0398. The predicted molar refractivity (Wildman–Crippen MR) is 87.7 cm³/mol. The fraction of sp³-hybridized carbons (Fsp3) is 0.750. The number of nitrogens with one attached hydrogen (secondary N) is 1. The minimum absolute atomic E-state index is 0.282. The Hall–Kier alpha value is -1.40. The maximum absolute atomic E-state index is 5.66. The van der Waals surface area contributed by atoms with E-state index in [9.17, 15) is 0 Å². The predicted octanol–water partition coefficient (Wildman–Crippen LogP) is 2.13. The van der Waals surface area contributed by atoms with Crippen molar-refractivity contribution in [3.8, 4) is 5.88 Å². The topological polar surface area (TPSA) is 59.5 Å². The third kappa shape index (κ3) is 5.42. The van der Waals surface area contributed by atoms with Gasteiger partial charge in [-0.05, 0) is 6.42 Å². The number of nitrogens with zero attached hydrogens (tertiary/aromatic N) is 3. The third-order valence-electron chi connectivity index (χ3n) is 3.53. The average molecular weight is 308 g/mol. The molecule has 1 N–H and O–H groups in total. The molecule has 0 radical (unpaired) electrons. The zero-order valence-corrected chi connectivity index (χ0v) is 14.0. The first kappa shape index (κ1) is 17.0. The van der Waals surface area contributed by atoms with Crippen LogP contribution in [-0.2, 0) is 4.74 Å². The van der Waals surface area contributed by atoms with E-state index >= 15 is 0 Å². The van der Waals surface area contributed by atoms with Gasteiger partial charge in [-0.15, -0.1) is 0 Å². The fourth-order valence-corrected chi connectivity index (χ4v) is 2.24. The third-order valence-corrected chi connectivity index (χ3v) is 3.53. The summed E-state index contributed by atoms with van der Waals surface area (Å²) in [7, 11) is 0. The molecule has 2 rings (SSSR count). The number of hydrogen-bond donors (Lipinski definition) is 1. The molecule has 2 heterocycles. The van der Waals surface area contributed by atoms with Crippen molar-refractivity contribution in [2.24, 2.45) is 0 Å². The van der Waals surface area contributed by atoms with Crippen LogP contribution in [0.15, 0.2) is 6.07 Å². The molecule has 0 aromatic carbocycles. The fourth-order valence-electron chi connectivity index (χ4n) is 2.24. The maximum atomic E-state index is 5.66. The summed E-state index contributed by atoms with van der Waals surface area (Å²) >= 11 is 0. The summed E-state index contributed by atoms with van der Waals surface area (Å²) in [5.74, 6) is 2.61. The van der Waals surface area contributed by atoms with Gasteiger partial charge in [0.1, 0.15) is 11.6 Å². The Morgan fingerprint density at radius 2 is 2.09 bits per heavy atom. The molecule has 1 fully saturated rings. The molecule has 1 aliphatic heterocycles. The van der Waals surface area contributed by atoms with Crippen LogP contribution in [-0.4, -0.2) is 60.9 Å². The van der Waals surface area contributed by atoms with Crippen LogP contribution in [0.2, 0.25) is 0 Å². The lowest BCUT2D eigenvalue weighted by Crippen LogP contribution is -2.39. The Balaban J connectivity index is 1.91. The minimum Gasteiger partial charge on any atom is -0.478 e. The first-order chi connectivity index (χ1) is 10.7. The molecule has 0 atom stereocenters. The van der Waals surface area contributed by atoms with E-state index < -0.39 is 0 Å². The molecule has 0 amide bonds. The molecule has 6 heteroatoms. The number of ether oxygens (including phenoxy) is 2. The number of morpholine rings is 1. The summed E-state index contributed by atoms with van der Waals surface area (Å²) < 4.78 is 11.0. The van der Waals surface area contributed by atoms with Crippen molar-refractivity contribution < 1.29 is 9.47 Å². The van der Waals surface area contributed by atoms with E-state index in [0.29, 0.717) is 12.5 Å². The summed E-state index contributed by atoms with van der Waals surface area (Å²) in [6.07, 6.45) is 0.973. The molecule has 124 valence electrons. The van der Waals surface area contributed by atoms with Gasteiger partial charge in [0.15, 0.2) is 0 Å². The lowest BCUT2D eigenvalue weighted by Gasteiger charge is -2.26. The van der Waals surface area contributed by atoms with Crippen LogP contribution in [0.25, 0.3) is 0 Å². The second kappa shape index (κ2) is 8.90. The summed E-state index contributed by atoms with van der Waals surface area (Å²) in [5, 5.41) is 3.39. The Morgan fingerprint density at radius 3 is 2.77 bits per heavy atom. The molecule has 1 saturated heterocycles. The van der Waals surface area contributed by atoms with Gasteiger partial charge in [-0.3, -0.25) is 4.90 Å². The molecule has 22 heavy (non-hydrogen) atoms. The highest BCUT2D eigenvalue weighted by Crippen LogP contribution is 2.18. The number of rotatable bonds is 8. The van der Waals surface area contributed by atoms with Gasteiger partial charge < -0.3 is 14.8 Å². The summed E-state index contributed by atoms with van der Waals surface area (Å²) in [5.41, 5.74) is 0. The van der Waals surface area contributed by atoms with Gasteiger partial charge in [-0.2, -0.15) is 4.98 Å². The maximum Gasteiger partial charge on any atom is 0.218 e. The van der Waals surface area contributed by atoms with Crippen LogP contribution in [0.4, 0.5) is 5.82 Å². The van der Waals surface area contributed by atoms with Gasteiger partial charge in [-0.1, -0.05) is 20.8 Å². The highest BCUT2D eigenvalue weighted by atomic mass is 16.5. The van der Waals surface area contributed by atoms with Gasteiger partial charge in [0.2, 0.25) is 5.88 Å². The van der Waals surface area contributed by atoms with E-state index in [1.54, 1.807) is 0 Å². The molecule has 0 saturated carbocycles. The van der Waals surface area contributed by atoms with Crippen LogP contribution < -0.4 is 10.1 Å². The van der Waals surface area contributed by atoms with E-state index in [1.165, 1.54) is 0 Å². The van der Waals surface area contributed by atoms with E-state index in [2.05, 4.69) is 41.0 Å². The largest absolute Gasteiger partial charge is 0.478 e. The quantitative estimate of drug-likeness (QED) is 0.794. The summed E-state index contributed by atoms with van der Waals surface area (Å²) in [6, 6.07) is 1.89. The van der Waals surface area contributed by atoms with Crippen molar-refractivity contribution >= 4 is 5.82 Å². The van der Waals surface area contributed by atoms with Crippen molar-refractivity contribution in [1.82, 2.24) is 14.9 Å². The van der Waals surface area contributed by atoms with E-state index in [4.69, 9.17) is 9.47 Å². The second-order valence-corrected chi connectivity index (χ2v) is 5.83. The first-order valence-electron chi connectivity index (χ1n) is 8.24. The van der Waals surface area contributed by atoms with Crippen molar-refractivity contribution in [1.29, 1.82) is 0 Å². The Bertz CT molecular complexity index is 448. The van der Waals surface area contributed by atoms with Crippen molar-refractivity contribution in [2.75, 3.05) is 51.3 Å². The van der Waals surface area contributed by atoms with Gasteiger partial charge in [0.05, 0.1) is 19.8 Å². The van der Waals surface area contributed by atoms with E-state index in [0.717, 1.165) is 57.5 Å². The molecular formula is C16H28N4O2. The van der Waals surface area contributed by atoms with Crippen LogP contribution in [0.1, 0.15) is 38.9 Å². The highest BCUT2D eigenvalue weighted by molar-refractivity contribution is 5.38. The number of hydrogen-bond acceptors (Lipinski definition) is 6. The van der Waals surface area contributed by atoms with Gasteiger partial charge in [0.25, 0.3) is 0 Å². The average Bonchev–Trinajstić information content (AvgIpc) is 2.54.